The van der Waals surface area contributed by atoms with Gasteiger partial charge in [0.05, 0.1) is 34.9 Å². The van der Waals surface area contributed by atoms with Gasteiger partial charge in [-0.1, -0.05) is 6.92 Å². The molecule has 6 aliphatic rings. The summed E-state index contributed by atoms with van der Waals surface area (Å²) in [4.78, 5) is 24.8. The number of fused-ring (bicyclic) bond motifs is 5. The Labute approximate surface area is 233 Å². The topological polar surface area (TPSA) is 183 Å². The van der Waals surface area contributed by atoms with Crippen LogP contribution < -0.4 is 0 Å². The van der Waals surface area contributed by atoms with Crippen molar-refractivity contribution in [3.05, 3.63) is 11.6 Å². The number of carbonyl (C=O) groups is 2. The Morgan fingerprint density at radius 1 is 1.00 bits per heavy atom. The lowest BCUT2D eigenvalue weighted by atomic mass is 9.41. The first kappa shape index (κ1) is 28.7. The Hall–Kier alpha value is -1.44. The molecule has 224 valence electrons. The zero-order chi connectivity index (χ0) is 28.8. The van der Waals surface area contributed by atoms with Crippen molar-refractivity contribution in [3.8, 4) is 0 Å². The minimum Gasteiger partial charge on any atom is -0.458 e. The number of aldehydes is 1. The van der Waals surface area contributed by atoms with Crippen LogP contribution in [0.25, 0.3) is 0 Å². The lowest BCUT2D eigenvalue weighted by Crippen LogP contribution is -2.71. The predicted octanol–water partition coefficient (Wildman–Crippen LogP) is -0.279. The van der Waals surface area contributed by atoms with Gasteiger partial charge >= 0.3 is 5.97 Å². The normalized spacial score (nSPS) is 56.0. The van der Waals surface area contributed by atoms with E-state index < -0.39 is 76.8 Å². The summed E-state index contributed by atoms with van der Waals surface area (Å²) < 4.78 is 16.8. The van der Waals surface area contributed by atoms with Gasteiger partial charge in [0.25, 0.3) is 0 Å². The second kappa shape index (κ2) is 9.54. The molecule has 14 atom stereocenters. The zero-order valence-corrected chi connectivity index (χ0v) is 23.0. The molecule has 4 aliphatic carbocycles. The van der Waals surface area contributed by atoms with E-state index in [-0.39, 0.29) is 44.1 Å². The summed E-state index contributed by atoms with van der Waals surface area (Å²) in [5, 5.41) is 66.7. The standard InChI is InChI=1S/C29H42O11/c1-14-22(33)23(34)24(35)25(39-14)40-16-3-6-27(13-30)19-10-20(31)26(2)17(15-9-21(32)38-12-15)5-8-29(26,37)18(19)4-7-28(27,36)11-16/h9,13-14,16-20,22-25,31,33-37H,3-8,10-12H2,1-2H3/t14-,16+,17-,18?,19+,20-,22+,23-,24-,25+,26+,27+,28+,29+/m1/s1. The van der Waals surface area contributed by atoms with Crippen LogP contribution in [0, 0.1) is 28.6 Å². The van der Waals surface area contributed by atoms with Crippen LogP contribution in [0.3, 0.4) is 0 Å². The van der Waals surface area contributed by atoms with E-state index in [1.807, 2.05) is 6.92 Å². The highest BCUT2D eigenvalue weighted by molar-refractivity contribution is 5.85. The summed E-state index contributed by atoms with van der Waals surface area (Å²) >= 11 is 0. The minimum absolute atomic E-state index is 0.0926. The van der Waals surface area contributed by atoms with Crippen LogP contribution in [0.2, 0.25) is 0 Å². The number of cyclic esters (lactones) is 1. The van der Waals surface area contributed by atoms with Crippen LogP contribution in [-0.2, 0) is 23.8 Å². The van der Waals surface area contributed by atoms with Gasteiger partial charge in [0.2, 0.25) is 0 Å². The molecule has 0 spiro atoms. The molecule has 11 heteroatoms. The number of aliphatic hydroxyl groups is 6. The monoisotopic (exact) mass is 566 g/mol. The van der Waals surface area contributed by atoms with E-state index in [2.05, 4.69) is 0 Å². The molecule has 1 unspecified atom stereocenters. The molecule has 0 amide bonds. The highest BCUT2D eigenvalue weighted by atomic mass is 16.7. The van der Waals surface area contributed by atoms with Crippen molar-refractivity contribution in [1.82, 2.24) is 0 Å². The molecule has 0 radical (unpaired) electrons. The van der Waals surface area contributed by atoms with Crippen LogP contribution in [-0.4, -0.2) is 104 Å². The summed E-state index contributed by atoms with van der Waals surface area (Å²) in [6, 6.07) is 0. The molecule has 2 aliphatic heterocycles. The molecule has 0 aromatic heterocycles. The van der Waals surface area contributed by atoms with Gasteiger partial charge < -0.3 is 49.6 Å². The molecule has 11 nitrogen and oxygen atoms in total. The molecule has 0 aromatic carbocycles. The van der Waals surface area contributed by atoms with Crippen molar-refractivity contribution >= 4 is 12.3 Å². The number of esters is 1. The highest BCUT2D eigenvalue weighted by Crippen LogP contribution is 2.70. The maximum atomic E-state index is 13.0. The first-order valence-corrected chi connectivity index (χ1v) is 14.6. The van der Waals surface area contributed by atoms with Crippen molar-refractivity contribution < 1.29 is 54.4 Å². The van der Waals surface area contributed by atoms with Gasteiger partial charge in [0, 0.05) is 17.9 Å². The van der Waals surface area contributed by atoms with E-state index >= 15 is 0 Å². The Morgan fingerprint density at radius 3 is 2.42 bits per heavy atom. The average Bonchev–Trinajstić information content (AvgIpc) is 3.46. The first-order chi connectivity index (χ1) is 18.8. The van der Waals surface area contributed by atoms with E-state index in [0.717, 1.165) is 11.9 Å². The van der Waals surface area contributed by atoms with Crippen molar-refractivity contribution in [3.63, 3.8) is 0 Å². The second-order valence-corrected chi connectivity index (χ2v) is 13.5. The number of ether oxygens (including phenoxy) is 3. The van der Waals surface area contributed by atoms with E-state index in [1.165, 1.54) is 6.08 Å². The third kappa shape index (κ3) is 3.71. The Kier molecular flexibility index (Phi) is 6.83. The first-order valence-electron chi connectivity index (χ1n) is 14.6. The SMILES string of the molecule is C[C@H]1O[C@@H](O[C@H]2CC[C@]3(C=O)[C@H]4C[C@@H](O)[C@]5(C)[C@@H](C6=CC(=O)OC6)CC[C@]5(O)C4CC[C@]3(O)C2)[C@H](O)[C@H](O)[C@H]1O. The summed E-state index contributed by atoms with van der Waals surface area (Å²) in [5.41, 5.74) is -4.09. The molecule has 0 bridgehead atoms. The molecule has 1 saturated heterocycles. The fraction of sp³-hybridized carbons (Fsp3) is 0.862. The van der Waals surface area contributed by atoms with Gasteiger partial charge in [0.15, 0.2) is 6.29 Å². The van der Waals surface area contributed by atoms with Crippen LogP contribution in [0.15, 0.2) is 11.6 Å². The average molecular weight is 567 g/mol. The van der Waals surface area contributed by atoms with Crippen LogP contribution in [0.1, 0.15) is 65.2 Å². The maximum absolute atomic E-state index is 13.0. The molecular formula is C29H42O11. The summed E-state index contributed by atoms with van der Waals surface area (Å²) in [7, 11) is 0. The lowest BCUT2D eigenvalue weighted by Gasteiger charge is -2.66. The second-order valence-electron chi connectivity index (χ2n) is 13.5. The smallest absolute Gasteiger partial charge is 0.331 e. The Morgan fingerprint density at radius 2 is 1.75 bits per heavy atom. The van der Waals surface area contributed by atoms with Crippen molar-refractivity contribution in [2.45, 2.75) is 119 Å². The van der Waals surface area contributed by atoms with Crippen molar-refractivity contribution in [1.29, 1.82) is 0 Å². The van der Waals surface area contributed by atoms with Gasteiger partial charge in [-0.25, -0.2) is 4.79 Å². The summed E-state index contributed by atoms with van der Waals surface area (Å²) in [6.07, 6.45) is -2.70. The maximum Gasteiger partial charge on any atom is 0.331 e. The van der Waals surface area contributed by atoms with Gasteiger partial charge in [-0.05, 0) is 75.2 Å². The van der Waals surface area contributed by atoms with Gasteiger partial charge in [-0.2, -0.15) is 0 Å². The molecular weight excluding hydrogens is 524 g/mol. The molecule has 5 fully saturated rings. The number of aliphatic hydroxyl groups excluding tert-OH is 4. The zero-order valence-electron chi connectivity index (χ0n) is 23.0. The predicted molar refractivity (Wildman–Crippen MR) is 136 cm³/mol. The number of hydrogen-bond acceptors (Lipinski definition) is 11. The van der Waals surface area contributed by atoms with Gasteiger partial charge in [-0.15, -0.1) is 0 Å². The van der Waals surface area contributed by atoms with Crippen LogP contribution in [0.4, 0.5) is 0 Å². The molecule has 6 N–H and O–H groups in total. The fourth-order valence-corrected chi connectivity index (χ4v) is 9.74. The molecule has 4 saturated carbocycles. The Bertz CT molecular complexity index is 1080. The highest BCUT2D eigenvalue weighted by Gasteiger charge is 2.74. The van der Waals surface area contributed by atoms with Crippen molar-refractivity contribution in [2.24, 2.45) is 28.6 Å². The number of rotatable bonds is 4. The van der Waals surface area contributed by atoms with E-state index in [9.17, 15) is 40.2 Å². The summed E-state index contributed by atoms with van der Waals surface area (Å²) in [6.45, 7) is 3.61. The third-order valence-corrected chi connectivity index (χ3v) is 12.1. The molecule has 0 aromatic rings. The fourth-order valence-electron chi connectivity index (χ4n) is 9.74. The lowest BCUT2D eigenvalue weighted by molar-refractivity contribution is -0.319. The molecule has 2 heterocycles. The van der Waals surface area contributed by atoms with Crippen LogP contribution >= 0.6 is 0 Å². The van der Waals surface area contributed by atoms with Crippen LogP contribution in [0.5, 0.6) is 0 Å². The van der Waals surface area contributed by atoms with E-state index in [0.29, 0.717) is 25.7 Å². The number of carbonyl (C=O) groups excluding carboxylic acids is 2. The van der Waals surface area contributed by atoms with E-state index in [4.69, 9.17) is 14.2 Å². The minimum atomic E-state index is -1.47. The largest absolute Gasteiger partial charge is 0.458 e. The van der Waals surface area contributed by atoms with Gasteiger partial charge in [0.1, 0.15) is 31.2 Å². The third-order valence-electron chi connectivity index (χ3n) is 12.1. The van der Waals surface area contributed by atoms with Crippen molar-refractivity contribution in [2.75, 3.05) is 6.61 Å². The number of hydrogen-bond donors (Lipinski definition) is 6. The van der Waals surface area contributed by atoms with E-state index in [1.54, 1.807) is 6.92 Å². The molecule has 40 heavy (non-hydrogen) atoms. The molecule has 6 rings (SSSR count). The van der Waals surface area contributed by atoms with Gasteiger partial charge in [-0.3, -0.25) is 0 Å². The Balaban J connectivity index is 1.25. The summed E-state index contributed by atoms with van der Waals surface area (Å²) in [5.74, 6) is -1.42. The quantitative estimate of drug-likeness (QED) is 0.149.